The van der Waals surface area contributed by atoms with Gasteiger partial charge in [-0.3, -0.25) is 39.1 Å². The molecule has 30 heteroatoms. The first kappa shape index (κ1) is 80.8. The van der Waals surface area contributed by atoms with Crippen molar-refractivity contribution in [3.05, 3.63) is 260 Å². The van der Waals surface area contributed by atoms with Crippen molar-refractivity contribution >= 4 is 97.0 Å². The minimum atomic E-state index is -0.601. The van der Waals surface area contributed by atoms with E-state index in [1.807, 2.05) is 140 Å². The molecule has 0 aliphatic carbocycles. The number of nitrogens with zero attached hydrogens (tertiary/aromatic N) is 13. The number of hydrogen-bond donors (Lipinski definition) is 3. The molecule has 112 heavy (non-hydrogen) atoms. The van der Waals surface area contributed by atoms with Crippen molar-refractivity contribution in [2.45, 2.75) is 164 Å². The van der Waals surface area contributed by atoms with Gasteiger partial charge in [0.15, 0.2) is 28.6 Å². The van der Waals surface area contributed by atoms with Crippen molar-refractivity contribution in [3.63, 3.8) is 0 Å². The number of H-pyrrole nitrogens is 2. The second-order valence-electron chi connectivity index (χ2n) is 29.0. The number of ether oxygens (including phenoxy) is 4. The van der Waals surface area contributed by atoms with Crippen molar-refractivity contribution in [2.24, 2.45) is 5.73 Å². The zero-order valence-electron chi connectivity index (χ0n) is 63.7. The third-order valence-corrected chi connectivity index (χ3v) is 20.3. The first-order valence-electron chi connectivity index (χ1n) is 37.0. The summed E-state index contributed by atoms with van der Waals surface area (Å²) in [5, 5.41) is 21.1. The summed E-state index contributed by atoms with van der Waals surface area (Å²) in [5.74, 6) is 0.295. The van der Waals surface area contributed by atoms with Gasteiger partial charge in [0.1, 0.15) is 46.0 Å². The molecule has 12 heterocycles. The predicted octanol–water partition coefficient (Wildman–Crippen LogP) is 13.6. The molecule has 0 atom stereocenters. The SMILES string of the molecule is CC(C)(C)OC(=O)n1ncc2c(Cl)nc(Cl)cc21.CC(C)N1CCn2c(CCc3cc4[nH]ncc4c(Cl)n3)cc(=O)c(OCc3ccccc3)c2C1=O.CC(C)N1CCn2c(CCc3cc4[nH]ncc4c(Cl)n3)cc(=O)c(OCc3ccccc3)c2C1=O.CC(C)N1CCn2c(CN)cc(=O)c(OCc3ccccc3)c2C1. The van der Waals surface area contributed by atoms with Gasteiger partial charge < -0.3 is 48.2 Å². The molecule has 0 fully saturated rings. The first-order chi connectivity index (χ1) is 53.7. The van der Waals surface area contributed by atoms with Gasteiger partial charge in [-0.1, -0.05) is 137 Å². The van der Waals surface area contributed by atoms with Crippen LogP contribution in [-0.2, 0) is 83.0 Å². The Bertz CT molecular complexity index is 5360. The topological polar surface area (TPSA) is 304 Å². The largest absolute Gasteiger partial charge is 0.483 e. The lowest BCUT2D eigenvalue weighted by Gasteiger charge is -2.35. The van der Waals surface area contributed by atoms with E-state index in [2.05, 4.69) is 63.8 Å². The van der Waals surface area contributed by atoms with Gasteiger partial charge in [-0.05, 0) is 117 Å². The number of aromatic nitrogens is 12. The normalized spacial score (nSPS) is 13.5. The van der Waals surface area contributed by atoms with E-state index in [0.717, 1.165) is 90.4 Å². The third kappa shape index (κ3) is 18.9. The first-order valence-corrected chi connectivity index (χ1v) is 38.5. The van der Waals surface area contributed by atoms with Crippen LogP contribution < -0.4 is 36.2 Å². The highest BCUT2D eigenvalue weighted by molar-refractivity contribution is 6.36. The minimum absolute atomic E-state index is 0.0180. The lowest BCUT2D eigenvalue weighted by atomic mass is 10.1. The van der Waals surface area contributed by atoms with E-state index < -0.39 is 11.7 Å². The third-order valence-electron chi connectivity index (χ3n) is 19.3. The van der Waals surface area contributed by atoms with E-state index in [4.69, 9.17) is 71.1 Å². The van der Waals surface area contributed by atoms with Crippen molar-refractivity contribution < 1.29 is 33.3 Å². The van der Waals surface area contributed by atoms with Crippen LogP contribution in [0.2, 0.25) is 20.6 Å². The van der Waals surface area contributed by atoms with E-state index in [0.29, 0.717) is 116 Å². The Balaban J connectivity index is 0.000000143. The average Bonchev–Trinajstić information content (AvgIpc) is 0.948. The van der Waals surface area contributed by atoms with Gasteiger partial charge in [0, 0.05) is 123 Å². The summed E-state index contributed by atoms with van der Waals surface area (Å²) < 4.78 is 30.2. The van der Waals surface area contributed by atoms with Gasteiger partial charge in [-0.15, -0.1) is 0 Å². The van der Waals surface area contributed by atoms with Crippen LogP contribution in [0.3, 0.4) is 0 Å². The molecule has 9 aromatic heterocycles. The molecule has 4 N–H and O–H groups in total. The van der Waals surface area contributed by atoms with Crippen LogP contribution in [-0.4, -0.2) is 135 Å². The molecule has 12 aromatic rings. The summed E-state index contributed by atoms with van der Waals surface area (Å²) in [6.07, 6.45) is 6.31. The fraction of sp³-hybridized carbons (Fsp3) is 0.341. The summed E-state index contributed by atoms with van der Waals surface area (Å²) in [5.41, 5.74) is 15.1. The van der Waals surface area contributed by atoms with Gasteiger partial charge in [0.05, 0.1) is 57.0 Å². The number of carbonyl (C=O) groups excluding carboxylic acids is 3. The molecule has 3 aliphatic rings. The Kier molecular flexibility index (Phi) is 25.8. The Hall–Kier alpha value is -10.7. The van der Waals surface area contributed by atoms with E-state index >= 15 is 0 Å². The fourth-order valence-corrected chi connectivity index (χ4v) is 14.6. The average molecular weight is 1600 g/mol. The molecular weight excluding hydrogens is 1510 g/mol. The van der Waals surface area contributed by atoms with Crippen LogP contribution in [0.1, 0.15) is 134 Å². The highest BCUT2D eigenvalue weighted by atomic mass is 35.5. The molecule has 0 unspecified atom stereocenters. The molecule has 3 aromatic carbocycles. The van der Waals surface area contributed by atoms with Crippen molar-refractivity contribution in [1.82, 2.24) is 73.5 Å². The number of carbonyl (C=O) groups is 3. The summed E-state index contributed by atoms with van der Waals surface area (Å²) in [6.45, 7) is 23.6. The Morgan fingerprint density at radius 2 is 0.929 bits per heavy atom. The van der Waals surface area contributed by atoms with Crippen molar-refractivity contribution in [1.29, 1.82) is 0 Å². The van der Waals surface area contributed by atoms with Gasteiger partial charge in [0.2, 0.25) is 16.3 Å². The highest BCUT2D eigenvalue weighted by Gasteiger charge is 2.35. The Labute approximate surface area is 666 Å². The predicted molar refractivity (Wildman–Crippen MR) is 432 cm³/mol. The quantitative estimate of drug-likeness (QED) is 0.0634. The van der Waals surface area contributed by atoms with Crippen LogP contribution in [0.15, 0.2) is 160 Å². The number of nitrogens with two attached hydrogens (primary N) is 1. The molecular formula is C82H88Cl4N16O10. The standard InChI is InChI=1S/2C26H26ClN5O3.C19H25N3O2.C11H11Cl2N3O2/c2*1-16(2)31-10-11-32-19(9-8-18-12-21-20(14-28-30-21)25(27)29-18)13-22(33)24(23(32)26(31)34)35-15-17-6-4-3-5-7-17;1-14(2)21-8-9-22-16(11-20)10-18(23)19(17(22)12-21)24-13-15-6-4-3-5-7-15;1-11(2,3)18-10(17)16-7-4-8(12)15-9(13)6(7)5-14-16/h2*3-7,12-14,16H,8-11,15H2,1-2H3,(H,28,30);3-7,10,14H,8-9,11-13,20H2,1-2H3;4-5H,1-3H3. The zero-order valence-corrected chi connectivity index (χ0v) is 66.7. The molecule has 0 bridgehead atoms. The van der Waals surface area contributed by atoms with E-state index in [-0.39, 0.29) is 75.2 Å². The molecule has 15 rings (SSSR count). The number of rotatable bonds is 19. The zero-order chi connectivity index (χ0) is 79.7. The monoisotopic (exact) mass is 1600 g/mol. The van der Waals surface area contributed by atoms with Crippen molar-refractivity contribution in [3.8, 4) is 17.2 Å². The number of halogens is 4. The van der Waals surface area contributed by atoms with E-state index in [1.165, 1.54) is 12.3 Å². The molecule has 0 saturated carbocycles. The maximum atomic E-state index is 13.5. The number of aromatic amines is 2. The number of hydrogen-bond acceptors (Lipinski definition) is 18. The van der Waals surface area contributed by atoms with Gasteiger partial charge in [0.25, 0.3) is 11.8 Å². The van der Waals surface area contributed by atoms with Crippen LogP contribution in [0.4, 0.5) is 4.79 Å². The van der Waals surface area contributed by atoms with Gasteiger partial charge >= 0.3 is 6.09 Å². The lowest BCUT2D eigenvalue weighted by molar-refractivity contribution is 0.0521. The second-order valence-corrected chi connectivity index (χ2v) is 30.5. The summed E-state index contributed by atoms with van der Waals surface area (Å²) in [4.78, 5) is 96.6. The molecule has 0 spiro atoms. The number of fused-ring (bicyclic) bond motifs is 6. The summed E-state index contributed by atoms with van der Waals surface area (Å²) >= 11 is 24.3. The molecule has 0 saturated heterocycles. The van der Waals surface area contributed by atoms with E-state index in [1.54, 1.807) is 61.2 Å². The number of aryl methyl sites for hydroxylation is 4. The maximum absolute atomic E-state index is 13.5. The number of amides is 2. The molecule has 26 nitrogen and oxygen atoms in total. The number of benzene rings is 3. The molecule has 584 valence electrons. The fourth-order valence-electron chi connectivity index (χ4n) is 13.6. The minimum Gasteiger partial charge on any atom is -0.483 e. The molecule has 3 aliphatic heterocycles. The Morgan fingerprint density at radius 3 is 1.37 bits per heavy atom. The van der Waals surface area contributed by atoms with Gasteiger partial charge in [-0.2, -0.15) is 20.0 Å². The maximum Gasteiger partial charge on any atom is 0.435 e. The van der Waals surface area contributed by atoms with E-state index in [9.17, 15) is 28.8 Å². The smallest absolute Gasteiger partial charge is 0.435 e. The summed E-state index contributed by atoms with van der Waals surface area (Å²) in [7, 11) is 0. The van der Waals surface area contributed by atoms with Crippen molar-refractivity contribution in [2.75, 3.05) is 19.6 Å². The lowest BCUT2D eigenvalue weighted by Crippen LogP contribution is -2.46. The van der Waals surface area contributed by atoms with Crippen LogP contribution >= 0.6 is 46.4 Å². The summed E-state index contributed by atoms with van der Waals surface area (Å²) in [6, 6.07) is 39.7. The van der Waals surface area contributed by atoms with Crippen LogP contribution in [0, 0.1) is 0 Å². The number of pyridine rings is 6. The second kappa shape index (κ2) is 35.7. The number of nitrogens with one attached hydrogen (secondary N) is 2. The molecule has 2 amide bonds. The highest BCUT2D eigenvalue weighted by Crippen LogP contribution is 2.32. The van der Waals surface area contributed by atoms with Gasteiger partial charge in [-0.25, -0.2) is 19.7 Å². The molecule has 0 radical (unpaired) electrons. The van der Waals surface area contributed by atoms with Crippen LogP contribution in [0.5, 0.6) is 17.2 Å². The van der Waals surface area contributed by atoms with Crippen LogP contribution in [0.25, 0.3) is 32.7 Å². The Morgan fingerprint density at radius 1 is 0.500 bits per heavy atom.